The molecule has 1 saturated heterocycles. The van der Waals surface area contributed by atoms with Gasteiger partial charge >= 0.3 is 8.80 Å². The van der Waals surface area contributed by atoms with Gasteiger partial charge in [0.05, 0.1) is 13.2 Å². The molecule has 7 heteroatoms. The zero-order valence-corrected chi connectivity index (χ0v) is 20.2. The summed E-state index contributed by atoms with van der Waals surface area (Å²) in [5, 5.41) is 18.3. The fraction of sp³-hybridized carbons (Fsp3) is 1.00. The number of hydrogen-bond acceptors (Lipinski definition) is 6. The monoisotopic (exact) mass is 446 g/mol. The minimum Gasteiger partial charge on any atom is -0.394 e. The van der Waals surface area contributed by atoms with Crippen LogP contribution < -0.4 is 0 Å². The molecule has 4 atom stereocenters. The van der Waals surface area contributed by atoms with Gasteiger partial charge in [-0.1, -0.05) is 64.2 Å². The van der Waals surface area contributed by atoms with Crippen molar-refractivity contribution in [3.8, 4) is 0 Å². The zero-order valence-electron chi connectivity index (χ0n) is 19.2. The van der Waals surface area contributed by atoms with Crippen LogP contribution in [0.4, 0.5) is 0 Å². The fourth-order valence-electron chi connectivity index (χ4n) is 4.57. The standard InChI is InChI=1S/C23H46O6Si/c1-26-30(18-12-17-27-20-21(25)19-24)28-22-13-10-8-6-4-2-3-5-7-9-11-14-23(29-30)16-15-22/h21-25H,2-20H2,1H3/t21?,22-,23?,30?/m0/s1. The lowest BCUT2D eigenvalue weighted by molar-refractivity contribution is 0.00286. The first-order valence-electron chi connectivity index (χ1n) is 12.4. The summed E-state index contributed by atoms with van der Waals surface area (Å²) in [6.45, 7) is 0.397. The van der Waals surface area contributed by atoms with Crippen LogP contribution in [0.3, 0.4) is 0 Å². The first kappa shape index (κ1) is 26.2. The van der Waals surface area contributed by atoms with E-state index in [4.69, 9.17) is 23.1 Å². The number of rotatable bonds is 8. The topological polar surface area (TPSA) is 77.4 Å². The Bertz CT molecular complexity index is 400. The molecule has 2 aliphatic rings. The number of hydrogen-bond donors (Lipinski definition) is 2. The predicted octanol–water partition coefficient (Wildman–Crippen LogP) is 4.59. The van der Waals surface area contributed by atoms with Crippen LogP contribution >= 0.6 is 0 Å². The lowest BCUT2D eigenvalue weighted by Crippen LogP contribution is -2.48. The molecule has 2 bridgehead atoms. The fourth-order valence-corrected chi connectivity index (χ4v) is 7.32. The highest BCUT2D eigenvalue weighted by Gasteiger charge is 2.45. The van der Waals surface area contributed by atoms with E-state index in [-0.39, 0.29) is 25.4 Å². The Kier molecular flexibility index (Phi) is 13.8. The number of aliphatic hydroxyl groups excluding tert-OH is 2. The van der Waals surface area contributed by atoms with Crippen LogP contribution in [0, 0.1) is 0 Å². The molecule has 2 rings (SSSR count). The largest absolute Gasteiger partial charge is 0.501 e. The first-order chi connectivity index (χ1) is 14.7. The van der Waals surface area contributed by atoms with Crippen molar-refractivity contribution < 1.29 is 28.2 Å². The van der Waals surface area contributed by atoms with Crippen molar-refractivity contribution in [2.45, 2.75) is 121 Å². The predicted molar refractivity (Wildman–Crippen MR) is 120 cm³/mol. The van der Waals surface area contributed by atoms with Crippen molar-refractivity contribution >= 4 is 8.80 Å². The third kappa shape index (κ3) is 10.5. The van der Waals surface area contributed by atoms with Crippen LogP contribution in [0.15, 0.2) is 0 Å². The third-order valence-electron chi connectivity index (χ3n) is 6.41. The van der Waals surface area contributed by atoms with E-state index in [2.05, 4.69) is 0 Å². The molecule has 0 aromatic rings. The van der Waals surface area contributed by atoms with E-state index in [9.17, 15) is 5.11 Å². The van der Waals surface area contributed by atoms with Gasteiger partial charge in [0.25, 0.3) is 0 Å². The highest BCUT2D eigenvalue weighted by molar-refractivity contribution is 6.60. The van der Waals surface area contributed by atoms with Gasteiger partial charge in [0.15, 0.2) is 0 Å². The summed E-state index contributed by atoms with van der Waals surface area (Å²) in [5.41, 5.74) is 0. The highest BCUT2D eigenvalue weighted by atomic mass is 28.4. The molecule has 2 fully saturated rings. The van der Waals surface area contributed by atoms with E-state index in [1.807, 2.05) is 0 Å². The van der Waals surface area contributed by atoms with Crippen LogP contribution in [0.25, 0.3) is 0 Å². The number of aliphatic hydroxyl groups is 2. The Labute approximate surface area is 185 Å². The second-order valence-corrected chi connectivity index (χ2v) is 11.8. The van der Waals surface area contributed by atoms with Crippen molar-refractivity contribution in [1.29, 1.82) is 0 Å². The quantitative estimate of drug-likeness (QED) is 0.419. The van der Waals surface area contributed by atoms with Crippen LogP contribution in [0.5, 0.6) is 0 Å². The van der Waals surface area contributed by atoms with Gasteiger partial charge in [-0.05, 0) is 32.1 Å². The van der Waals surface area contributed by atoms with E-state index in [1.54, 1.807) is 7.11 Å². The Hall–Kier alpha value is -0.0231. The summed E-state index contributed by atoms with van der Waals surface area (Å²) in [6.07, 6.45) is 18.1. The van der Waals surface area contributed by atoms with Gasteiger partial charge in [-0.2, -0.15) is 0 Å². The van der Waals surface area contributed by atoms with E-state index in [0.717, 1.165) is 38.1 Å². The molecule has 1 heterocycles. The van der Waals surface area contributed by atoms with E-state index in [1.165, 1.54) is 64.2 Å². The molecular formula is C23H46O6Si. The van der Waals surface area contributed by atoms with Gasteiger partial charge in [-0.15, -0.1) is 0 Å². The maximum absolute atomic E-state index is 9.41. The van der Waals surface area contributed by atoms with Gasteiger partial charge in [0.1, 0.15) is 6.10 Å². The zero-order chi connectivity index (χ0) is 21.5. The SMILES string of the molecule is CO[Si]1(CCCOCC(O)CO)OC2CCCCCCCCCCCC[C@@H](CC2)O1. The molecule has 30 heavy (non-hydrogen) atoms. The number of fused-ring (bicyclic) bond motifs is 3. The smallest absolute Gasteiger partial charge is 0.394 e. The molecule has 1 aliphatic carbocycles. The molecule has 1 aliphatic heterocycles. The van der Waals surface area contributed by atoms with Crippen LogP contribution in [0.1, 0.15) is 96.3 Å². The van der Waals surface area contributed by atoms with Crippen molar-refractivity contribution in [2.75, 3.05) is 26.9 Å². The van der Waals surface area contributed by atoms with Crippen molar-refractivity contribution in [1.82, 2.24) is 0 Å². The normalized spacial score (nSPS) is 31.3. The van der Waals surface area contributed by atoms with Gasteiger partial charge < -0.3 is 28.2 Å². The van der Waals surface area contributed by atoms with E-state index < -0.39 is 14.9 Å². The van der Waals surface area contributed by atoms with Crippen molar-refractivity contribution in [2.24, 2.45) is 0 Å². The number of ether oxygens (including phenoxy) is 1. The van der Waals surface area contributed by atoms with Crippen LogP contribution in [0.2, 0.25) is 6.04 Å². The lowest BCUT2D eigenvalue weighted by atomic mass is 9.99. The van der Waals surface area contributed by atoms with Gasteiger partial charge in [0.2, 0.25) is 0 Å². The summed E-state index contributed by atoms with van der Waals surface area (Å²) >= 11 is 0. The molecule has 0 aromatic heterocycles. The highest BCUT2D eigenvalue weighted by Crippen LogP contribution is 2.32. The Morgan fingerprint density at radius 1 is 0.833 bits per heavy atom. The summed E-state index contributed by atoms with van der Waals surface area (Å²) in [5.74, 6) is 0. The Morgan fingerprint density at radius 2 is 1.33 bits per heavy atom. The summed E-state index contributed by atoms with van der Waals surface area (Å²) in [4.78, 5) is 0. The van der Waals surface area contributed by atoms with Gasteiger partial charge in [0, 0.05) is 32.0 Å². The van der Waals surface area contributed by atoms with Crippen molar-refractivity contribution in [3.63, 3.8) is 0 Å². The molecule has 2 N–H and O–H groups in total. The first-order valence-corrected chi connectivity index (χ1v) is 14.4. The maximum atomic E-state index is 9.41. The molecule has 178 valence electrons. The van der Waals surface area contributed by atoms with Crippen molar-refractivity contribution in [3.05, 3.63) is 0 Å². The van der Waals surface area contributed by atoms with Crippen LogP contribution in [-0.4, -0.2) is 64.3 Å². The molecule has 0 aromatic carbocycles. The van der Waals surface area contributed by atoms with E-state index >= 15 is 0 Å². The van der Waals surface area contributed by atoms with Gasteiger partial charge in [-0.3, -0.25) is 0 Å². The average Bonchev–Trinajstić information content (AvgIpc) is 2.93. The Balaban J connectivity index is 1.92. The second kappa shape index (κ2) is 15.7. The maximum Gasteiger partial charge on any atom is 0.501 e. The minimum absolute atomic E-state index is 0.158. The minimum atomic E-state index is -2.74. The molecule has 3 unspecified atom stereocenters. The lowest BCUT2D eigenvalue weighted by Gasteiger charge is -2.31. The van der Waals surface area contributed by atoms with Crippen LogP contribution in [-0.2, 0) is 18.0 Å². The van der Waals surface area contributed by atoms with Gasteiger partial charge in [-0.25, -0.2) is 0 Å². The average molecular weight is 447 g/mol. The molecule has 0 spiro atoms. The third-order valence-corrected chi connectivity index (χ3v) is 9.38. The second-order valence-electron chi connectivity index (χ2n) is 9.07. The van der Waals surface area contributed by atoms with E-state index in [0.29, 0.717) is 6.61 Å². The summed E-state index contributed by atoms with van der Waals surface area (Å²) in [7, 11) is -0.995. The molecule has 0 radical (unpaired) electrons. The molecular weight excluding hydrogens is 400 g/mol. The molecule has 0 amide bonds. The summed E-state index contributed by atoms with van der Waals surface area (Å²) < 4.78 is 24.7. The molecule has 6 nitrogen and oxygen atoms in total. The summed E-state index contributed by atoms with van der Waals surface area (Å²) in [6, 6.07) is 0.742. The Morgan fingerprint density at radius 3 is 1.80 bits per heavy atom. The molecule has 1 saturated carbocycles.